The minimum Gasteiger partial charge on any atom is -0.398 e. The first-order valence-corrected chi connectivity index (χ1v) is 9.01. The van der Waals surface area contributed by atoms with E-state index in [9.17, 15) is 4.79 Å². The molecule has 0 aromatic heterocycles. The van der Waals surface area contributed by atoms with Gasteiger partial charge in [-0.15, -0.1) is 0 Å². The fourth-order valence-electron chi connectivity index (χ4n) is 2.42. The molecule has 0 atom stereocenters. The van der Waals surface area contributed by atoms with Gasteiger partial charge in [0.1, 0.15) is 0 Å². The number of carbonyl (C=O) groups is 1. The number of nitrogens with two attached hydrogens (primary N) is 1. The number of benzene rings is 1. The predicted octanol–water partition coefficient (Wildman–Crippen LogP) is 3.94. The highest BCUT2D eigenvalue weighted by Gasteiger charge is 2.10. The van der Waals surface area contributed by atoms with Crippen LogP contribution in [-0.2, 0) is 0 Å². The van der Waals surface area contributed by atoms with Crippen molar-refractivity contribution in [3.63, 3.8) is 0 Å². The number of halogens is 1. The molecular weight excluding hydrogens is 310 g/mol. The summed E-state index contributed by atoms with van der Waals surface area (Å²) in [5.74, 6) is -0.154. The van der Waals surface area contributed by atoms with E-state index < -0.39 is 0 Å². The number of amides is 1. The fraction of sp³-hybridized carbons (Fsp3) is 0.611. The molecule has 0 aliphatic rings. The van der Waals surface area contributed by atoms with Crippen LogP contribution in [0, 0.1) is 0 Å². The zero-order valence-electron chi connectivity index (χ0n) is 14.4. The van der Waals surface area contributed by atoms with E-state index in [2.05, 4.69) is 24.1 Å². The first-order chi connectivity index (χ1) is 11.1. The van der Waals surface area contributed by atoms with Crippen LogP contribution in [0.3, 0.4) is 0 Å². The van der Waals surface area contributed by atoms with Crippen LogP contribution in [-0.4, -0.2) is 37.0 Å². The Bertz CT molecular complexity index is 471. The molecule has 0 fully saturated rings. The van der Waals surface area contributed by atoms with Crippen LogP contribution in [0.5, 0.6) is 0 Å². The maximum atomic E-state index is 12.1. The number of hydrogen-bond acceptors (Lipinski definition) is 3. The van der Waals surface area contributed by atoms with Crippen molar-refractivity contribution >= 4 is 23.2 Å². The molecule has 0 saturated carbocycles. The molecule has 3 N–H and O–H groups in total. The molecule has 5 heteroatoms. The van der Waals surface area contributed by atoms with Crippen molar-refractivity contribution in [1.82, 2.24) is 10.2 Å². The second kappa shape index (κ2) is 11.3. The van der Waals surface area contributed by atoms with Crippen molar-refractivity contribution in [3.8, 4) is 0 Å². The van der Waals surface area contributed by atoms with Gasteiger partial charge in [-0.25, -0.2) is 0 Å². The molecule has 1 amide bonds. The molecule has 4 nitrogen and oxygen atoms in total. The van der Waals surface area contributed by atoms with Crippen LogP contribution in [0.15, 0.2) is 18.2 Å². The van der Waals surface area contributed by atoms with E-state index in [1.807, 2.05) is 0 Å². The van der Waals surface area contributed by atoms with Gasteiger partial charge in [-0.05, 0) is 57.1 Å². The van der Waals surface area contributed by atoms with Gasteiger partial charge >= 0.3 is 0 Å². The highest BCUT2D eigenvalue weighted by Crippen LogP contribution is 2.17. The lowest BCUT2D eigenvalue weighted by Crippen LogP contribution is -2.31. The lowest BCUT2D eigenvalue weighted by molar-refractivity contribution is 0.0952. The number of rotatable bonds is 11. The average Bonchev–Trinajstić information content (AvgIpc) is 2.55. The first-order valence-electron chi connectivity index (χ1n) is 8.64. The highest BCUT2D eigenvalue weighted by atomic mass is 35.5. The normalized spacial score (nSPS) is 11.0. The molecule has 0 aliphatic heterocycles. The second-order valence-electron chi connectivity index (χ2n) is 5.89. The molecule has 0 radical (unpaired) electrons. The Morgan fingerprint density at radius 3 is 2.35 bits per heavy atom. The maximum Gasteiger partial charge on any atom is 0.253 e. The van der Waals surface area contributed by atoms with Crippen LogP contribution in [0.1, 0.15) is 56.3 Å². The number of anilines is 1. The lowest BCUT2D eigenvalue weighted by Gasteiger charge is -2.22. The van der Waals surface area contributed by atoms with E-state index in [1.165, 1.54) is 25.7 Å². The largest absolute Gasteiger partial charge is 0.398 e. The van der Waals surface area contributed by atoms with Gasteiger partial charge < -0.3 is 16.0 Å². The molecule has 23 heavy (non-hydrogen) atoms. The third-order valence-corrected chi connectivity index (χ3v) is 4.09. The number of hydrogen-bond donors (Lipinski definition) is 2. The molecule has 0 heterocycles. The Morgan fingerprint density at radius 2 is 1.74 bits per heavy atom. The summed E-state index contributed by atoms with van der Waals surface area (Å²) < 4.78 is 0. The van der Waals surface area contributed by atoms with Gasteiger partial charge in [0.15, 0.2) is 0 Å². The van der Waals surface area contributed by atoms with Crippen LogP contribution < -0.4 is 11.1 Å². The monoisotopic (exact) mass is 339 g/mol. The topological polar surface area (TPSA) is 58.4 Å². The molecule has 0 spiro atoms. The van der Waals surface area contributed by atoms with Crippen molar-refractivity contribution < 1.29 is 4.79 Å². The predicted molar refractivity (Wildman–Crippen MR) is 99.1 cm³/mol. The summed E-state index contributed by atoms with van der Waals surface area (Å²) in [6, 6.07) is 4.96. The van der Waals surface area contributed by atoms with Gasteiger partial charge in [0, 0.05) is 17.3 Å². The van der Waals surface area contributed by atoms with Crippen LogP contribution in [0.2, 0.25) is 5.02 Å². The number of nitrogens with zero attached hydrogens (tertiary/aromatic N) is 1. The zero-order chi connectivity index (χ0) is 17.1. The summed E-state index contributed by atoms with van der Waals surface area (Å²) in [6.07, 6.45) is 5.84. The molecular formula is C18H30ClN3O. The summed E-state index contributed by atoms with van der Waals surface area (Å²) in [5, 5.41) is 3.45. The van der Waals surface area contributed by atoms with Gasteiger partial charge in [0.05, 0.1) is 5.56 Å². The average molecular weight is 340 g/mol. The van der Waals surface area contributed by atoms with Gasteiger partial charge in [-0.3, -0.25) is 4.79 Å². The Morgan fingerprint density at radius 1 is 1.13 bits per heavy atom. The number of unbranched alkanes of at least 4 members (excludes halogenated alkanes) is 2. The summed E-state index contributed by atoms with van der Waals surface area (Å²) in [5.41, 5.74) is 6.73. The van der Waals surface area contributed by atoms with E-state index in [0.717, 1.165) is 26.1 Å². The third-order valence-electron chi connectivity index (χ3n) is 3.85. The van der Waals surface area contributed by atoms with Gasteiger partial charge in [0.25, 0.3) is 5.91 Å². The Kier molecular flexibility index (Phi) is 9.72. The van der Waals surface area contributed by atoms with Gasteiger partial charge in [0.2, 0.25) is 0 Å². The zero-order valence-corrected chi connectivity index (χ0v) is 15.2. The Hall–Kier alpha value is -1.26. The van der Waals surface area contributed by atoms with Gasteiger partial charge in [-0.2, -0.15) is 0 Å². The molecule has 0 unspecified atom stereocenters. The number of carbonyl (C=O) groups excluding carboxylic acids is 1. The summed E-state index contributed by atoms with van der Waals surface area (Å²) >= 11 is 5.92. The quantitative estimate of drug-likeness (QED) is 0.474. The van der Waals surface area contributed by atoms with E-state index in [1.54, 1.807) is 18.2 Å². The minimum atomic E-state index is -0.154. The van der Waals surface area contributed by atoms with E-state index >= 15 is 0 Å². The van der Waals surface area contributed by atoms with Crippen LogP contribution >= 0.6 is 11.6 Å². The summed E-state index contributed by atoms with van der Waals surface area (Å²) in [6.45, 7) is 8.39. The molecule has 1 rings (SSSR count). The van der Waals surface area contributed by atoms with Gasteiger partial charge in [-0.1, -0.05) is 38.3 Å². The maximum absolute atomic E-state index is 12.1. The number of nitrogens with one attached hydrogen (secondary N) is 1. The smallest absolute Gasteiger partial charge is 0.253 e. The van der Waals surface area contributed by atoms with E-state index in [0.29, 0.717) is 22.8 Å². The summed E-state index contributed by atoms with van der Waals surface area (Å²) in [4.78, 5) is 14.6. The molecule has 130 valence electrons. The van der Waals surface area contributed by atoms with Crippen molar-refractivity contribution in [2.45, 2.75) is 46.0 Å². The van der Waals surface area contributed by atoms with E-state index in [-0.39, 0.29) is 5.91 Å². The molecule has 0 aliphatic carbocycles. The van der Waals surface area contributed by atoms with E-state index in [4.69, 9.17) is 17.3 Å². The van der Waals surface area contributed by atoms with Crippen molar-refractivity contribution in [3.05, 3.63) is 28.8 Å². The summed E-state index contributed by atoms with van der Waals surface area (Å²) in [7, 11) is 0. The molecule has 0 bridgehead atoms. The van der Waals surface area contributed by atoms with Crippen molar-refractivity contribution in [2.24, 2.45) is 0 Å². The van der Waals surface area contributed by atoms with Crippen LogP contribution in [0.4, 0.5) is 5.69 Å². The lowest BCUT2D eigenvalue weighted by atomic mass is 10.1. The Labute approximate surface area is 145 Å². The Balaban J connectivity index is 2.36. The van der Waals surface area contributed by atoms with Crippen LogP contribution in [0.25, 0.3) is 0 Å². The number of nitrogen functional groups attached to an aromatic ring is 1. The highest BCUT2D eigenvalue weighted by molar-refractivity contribution is 6.31. The fourth-order valence-corrected chi connectivity index (χ4v) is 2.60. The molecule has 1 aromatic rings. The SMILES string of the molecule is CCCCN(CCCC)CCCNC(=O)c1cc(Cl)ccc1N. The standard InChI is InChI=1S/C18H30ClN3O/c1-3-5-11-22(12-6-4-2)13-7-10-21-18(23)16-14-15(19)8-9-17(16)20/h8-9,14H,3-7,10-13,20H2,1-2H3,(H,21,23). The molecule has 0 saturated heterocycles. The first kappa shape index (κ1) is 19.8. The third kappa shape index (κ3) is 7.71. The second-order valence-corrected chi connectivity index (χ2v) is 6.33. The minimum absolute atomic E-state index is 0.154. The van der Waals surface area contributed by atoms with Crippen molar-refractivity contribution in [1.29, 1.82) is 0 Å². The molecule has 1 aromatic carbocycles. The van der Waals surface area contributed by atoms with Crippen molar-refractivity contribution in [2.75, 3.05) is 31.9 Å².